The second-order valence-electron chi connectivity index (χ2n) is 13.3. The Morgan fingerprint density at radius 1 is 0.462 bits per heavy atom. The third-order valence-corrected chi connectivity index (χ3v) is 9.81. The summed E-state index contributed by atoms with van der Waals surface area (Å²) >= 11 is 0. The van der Waals surface area contributed by atoms with E-state index in [1.807, 2.05) is 48.5 Å². The summed E-state index contributed by atoms with van der Waals surface area (Å²) in [7, 11) is 0. The predicted octanol–water partition coefficient (Wildman–Crippen LogP) is 4.43. The monoisotopic (exact) mass is 704 g/mol. The van der Waals surface area contributed by atoms with E-state index in [-0.39, 0.29) is 30.8 Å². The van der Waals surface area contributed by atoms with Gasteiger partial charge in [0.25, 0.3) is 11.8 Å². The summed E-state index contributed by atoms with van der Waals surface area (Å²) in [5.74, 6) is -0.611. The van der Waals surface area contributed by atoms with Gasteiger partial charge in [-0.2, -0.15) is 0 Å². The van der Waals surface area contributed by atoms with Gasteiger partial charge in [-0.15, -0.1) is 0 Å². The van der Waals surface area contributed by atoms with Crippen molar-refractivity contribution in [3.63, 3.8) is 0 Å². The maximum atomic E-state index is 13.2. The summed E-state index contributed by atoms with van der Waals surface area (Å²) < 4.78 is 0. The van der Waals surface area contributed by atoms with Gasteiger partial charge in [0, 0.05) is 124 Å². The second kappa shape index (κ2) is 17.9. The number of amides is 2. The van der Waals surface area contributed by atoms with Crippen molar-refractivity contribution in [2.24, 2.45) is 0 Å². The molecule has 0 spiro atoms. The van der Waals surface area contributed by atoms with Crippen molar-refractivity contribution in [3.05, 3.63) is 119 Å². The Morgan fingerprint density at radius 3 is 1.12 bits per heavy atom. The Hall–Kier alpha value is -5.07. The lowest BCUT2D eigenvalue weighted by atomic mass is 10.0. The number of rotatable bonds is 14. The molecule has 0 unspecified atom stereocenters. The lowest BCUT2D eigenvalue weighted by Gasteiger charge is -2.36. The first-order valence-electron chi connectivity index (χ1n) is 18.1. The highest BCUT2D eigenvalue weighted by atomic mass is 16.3. The predicted molar refractivity (Wildman–Crippen MR) is 206 cm³/mol. The fourth-order valence-electron chi connectivity index (χ4n) is 6.68. The Kier molecular flexibility index (Phi) is 12.7. The van der Waals surface area contributed by atoms with Crippen LogP contribution in [0, 0.1) is 0 Å². The number of hydrogen-bond donors (Lipinski definition) is 4. The Balaban J connectivity index is 0.962. The van der Waals surface area contributed by atoms with E-state index in [0.717, 1.165) is 89.7 Å². The lowest BCUT2D eigenvalue weighted by Crippen LogP contribution is -2.46. The van der Waals surface area contributed by atoms with Crippen molar-refractivity contribution in [3.8, 4) is 0 Å². The number of aliphatic hydroxyl groups is 2. The molecule has 11 nitrogen and oxygen atoms in total. The first-order valence-corrected chi connectivity index (χ1v) is 18.1. The molecule has 0 aliphatic carbocycles. The molecule has 2 heterocycles. The highest BCUT2D eigenvalue weighted by Crippen LogP contribution is 2.22. The van der Waals surface area contributed by atoms with E-state index in [1.54, 1.807) is 48.5 Å². The minimum absolute atomic E-state index is 0.162. The Morgan fingerprint density at radius 2 is 0.788 bits per heavy atom. The molecule has 6 rings (SSSR count). The summed E-state index contributed by atoms with van der Waals surface area (Å²) in [5.41, 5.74) is 5.42. The first-order chi connectivity index (χ1) is 25.4. The van der Waals surface area contributed by atoms with Crippen LogP contribution in [-0.4, -0.2) is 116 Å². The van der Waals surface area contributed by atoms with Crippen LogP contribution in [0.3, 0.4) is 0 Å². The third-order valence-electron chi connectivity index (χ3n) is 9.81. The number of nitrogens with one attached hydrogen (secondary N) is 2. The fourth-order valence-corrected chi connectivity index (χ4v) is 6.68. The summed E-state index contributed by atoms with van der Waals surface area (Å²) in [4.78, 5) is 48.4. The average molecular weight is 705 g/mol. The zero-order chi connectivity index (χ0) is 36.3. The normalized spacial score (nSPS) is 15.3. The smallest absolute Gasteiger partial charge is 0.255 e. The number of hydrogen-bond acceptors (Lipinski definition) is 9. The number of ketones is 1. The van der Waals surface area contributed by atoms with E-state index in [2.05, 4.69) is 30.2 Å². The Labute approximate surface area is 305 Å². The van der Waals surface area contributed by atoms with Gasteiger partial charge in [0.15, 0.2) is 5.78 Å². The molecular weight excluding hydrogens is 656 g/mol. The number of carbonyl (C=O) groups is 3. The van der Waals surface area contributed by atoms with Gasteiger partial charge in [0.05, 0.1) is 0 Å². The minimum atomic E-state index is -0.225. The molecule has 0 saturated carbocycles. The molecule has 11 heteroatoms. The molecule has 2 amide bonds. The van der Waals surface area contributed by atoms with E-state index in [4.69, 9.17) is 10.2 Å². The van der Waals surface area contributed by atoms with E-state index < -0.39 is 0 Å². The SMILES string of the molecule is O=C(Nc1ccc(C(=O)c2ccc(NC(=O)c3ccc(N4CCN(CCCO)CC4)cc3)cc2)cc1)c1ccc(N2CCN(CCCO)CC2)cc1. The van der Waals surface area contributed by atoms with Crippen molar-refractivity contribution < 1.29 is 24.6 Å². The molecule has 0 aromatic heterocycles. The number of benzene rings is 4. The molecular formula is C41H48N6O5. The van der Waals surface area contributed by atoms with Crippen molar-refractivity contribution in [2.45, 2.75) is 12.8 Å². The van der Waals surface area contributed by atoms with Gasteiger partial charge in [-0.3, -0.25) is 24.2 Å². The van der Waals surface area contributed by atoms with Crippen molar-refractivity contribution in [1.82, 2.24) is 9.80 Å². The summed E-state index contributed by atoms with van der Waals surface area (Å²) in [6.45, 7) is 9.70. The third kappa shape index (κ3) is 9.62. The van der Waals surface area contributed by atoms with Gasteiger partial charge in [0.1, 0.15) is 0 Å². The zero-order valence-electron chi connectivity index (χ0n) is 29.5. The summed E-state index contributed by atoms with van der Waals surface area (Å²) in [5, 5.41) is 24.0. The number of piperazine rings is 2. The average Bonchev–Trinajstić information content (AvgIpc) is 3.20. The maximum absolute atomic E-state index is 13.2. The van der Waals surface area contributed by atoms with E-state index >= 15 is 0 Å². The van der Waals surface area contributed by atoms with Gasteiger partial charge >= 0.3 is 0 Å². The molecule has 272 valence electrons. The molecule has 52 heavy (non-hydrogen) atoms. The van der Waals surface area contributed by atoms with Crippen LogP contribution in [0.4, 0.5) is 22.7 Å². The van der Waals surface area contributed by atoms with Crippen molar-refractivity contribution in [2.75, 3.05) is 99.1 Å². The van der Waals surface area contributed by atoms with Gasteiger partial charge in [-0.1, -0.05) is 0 Å². The minimum Gasteiger partial charge on any atom is -0.396 e. The molecule has 2 saturated heterocycles. The van der Waals surface area contributed by atoms with Crippen LogP contribution in [0.5, 0.6) is 0 Å². The topological polar surface area (TPSA) is 129 Å². The summed E-state index contributed by atoms with van der Waals surface area (Å²) in [6, 6.07) is 28.8. The van der Waals surface area contributed by atoms with Crippen LogP contribution in [0.25, 0.3) is 0 Å². The van der Waals surface area contributed by atoms with Crippen LogP contribution in [0.15, 0.2) is 97.1 Å². The molecule has 0 bridgehead atoms. The first kappa shape index (κ1) is 36.7. The van der Waals surface area contributed by atoms with Crippen molar-refractivity contribution in [1.29, 1.82) is 0 Å². The largest absolute Gasteiger partial charge is 0.396 e. The van der Waals surface area contributed by atoms with Crippen LogP contribution in [0.1, 0.15) is 49.5 Å². The van der Waals surface area contributed by atoms with E-state index in [1.165, 1.54) is 0 Å². The highest BCUT2D eigenvalue weighted by Gasteiger charge is 2.19. The van der Waals surface area contributed by atoms with E-state index in [0.29, 0.717) is 33.6 Å². The molecule has 2 aliphatic heterocycles. The molecule has 4 aromatic rings. The molecule has 4 N–H and O–H groups in total. The van der Waals surface area contributed by atoms with Gasteiger partial charge in [-0.05, 0) is 110 Å². The molecule has 4 aromatic carbocycles. The zero-order valence-corrected chi connectivity index (χ0v) is 29.5. The maximum Gasteiger partial charge on any atom is 0.255 e. The number of nitrogens with zero attached hydrogens (tertiary/aromatic N) is 4. The van der Waals surface area contributed by atoms with Gasteiger partial charge in [0.2, 0.25) is 0 Å². The molecule has 0 atom stereocenters. The molecule has 2 fully saturated rings. The molecule has 2 aliphatic rings. The van der Waals surface area contributed by atoms with Crippen molar-refractivity contribution >= 4 is 40.3 Å². The fraction of sp³-hybridized carbons (Fsp3) is 0.341. The van der Waals surface area contributed by atoms with E-state index in [9.17, 15) is 14.4 Å². The number of aliphatic hydroxyl groups excluding tert-OH is 2. The van der Waals surface area contributed by atoms with Crippen LogP contribution in [0.2, 0.25) is 0 Å². The quantitative estimate of drug-likeness (QED) is 0.141. The standard InChI is InChI=1S/C41H48N6O5/c48-29-1-19-44-21-25-46(26-22-44)37-15-7-33(8-16-37)40(51)42-35-11-3-31(4-12-35)39(50)32-5-13-36(14-6-32)43-41(52)34-9-17-38(18-10-34)47-27-23-45(24-28-47)20-2-30-49/h3-18,48-49H,1-2,19-30H2,(H,42,51)(H,43,52). The number of carbonyl (C=O) groups excluding carboxylic acids is 3. The van der Waals surface area contributed by atoms with Crippen LogP contribution in [-0.2, 0) is 0 Å². The second-order valence-corrected chi connectivity index (χ2v) is 13.3. The van der Waals surface area contributed by atoms with Crippen LogP contribution < -0.4 is 20.4 Å². The highest BCUT2D eigenvalue weighted by molar-refractivity contribution is 6.10. The summed E-state index contributed by atoms with van der Waals surface area (Å²) in [6.07, 6.45) is 1.59. The van der Waals surface area contributed by atoms with Crippen LogP contribution >= 0.6 is 0 Å². The number of anilines is 4. The molecule has 0 radical (unpaired) electrons. The van der Waals surface area contributed by atoms with Gasteiger partial charge in [-0.25, -0.2) is 0 Å². The Bertz CT molecular complexity index is 1630. The lowest BCUT2D eigenvalue weighted by molar-refractivity contribution is 0.101. The van der Waals surface area contributed by atoms with Gasteiger partial charge < -0.3 is 30.6 Å².